The van der Waals surface area contributed by atoms with Crippen LogP contribution < -0.4 is 10.6 Å². The van der Waals surface area contributed by atoms with Gasteiger partial charge in [-0.25, -0.2) is 0 Å². The van der Waals surface area contributed by atoms with Crippen molar-refractivity contribution < 1.29 is 14.0 Å². The SMILES string of the molecule is CSCCC(NC(=O)c1ccco1)C(=O)NCC(c1ccccc1Cl)c1c[nH]c2ccccc12. The molecule has 0 aliphatic rings. The molecule has 3 N–H and O–H groups in total. The zero-order valence-electron chi connectivity index (χ0n) is 18.7. The highest BCUT2D eigenvalue weighted by molar-refractivity contribution is 7.98. The fourth-order valence-electron chi connectivity index (χ4n) is 3.99. The molecule has 2 unspecified atom stereocenters. The lowest BCUT2D eigenvalue weighted by molar-refractivity contribution is -0.123. The molecule has 2 atom stereocenters. The Morgan fingerprint density at radius 1 is 1.06 bits per heavy atom. The fraction of sp³-hybridized carbons (Fsp3) is 0.231. The fourth-order valence-corrected chi connectivity index (χ4v) is 4.73. The summed E-state index contributed by atoms with van der Waals surface area (Å²) in [5.41, 5.74) is 2.99. The zero-order chi connectivity index (χ0) is 23.9. The van der Waals surface area contributed by atoms with Crippen LogP contribution in [0.1, 0.15) is 34.0 Å². The van der Waals surface area contributed by atoms with Gasteiger partial charge >= 0.3 is 0 Å². The van der Waals surface area contributed by atoms with E-state index in [-0.39, 0.29) is 17.6 Å². The quantitative estimate of drug-likeness (QED) is 0.282. The topological polar surface area (TPSA) is 87.1 Å². The van der Waals surface area contributed by atoms with Gasteiger partial charge < -0.3 is 20.0 Å². The van der Waals surface area contributed by atoms with E-state index in [2.05, 4.69) is 21.7 Å². The molecule has 8 heteroatoms. The largest absolute Gasteiger partial charge is 0.459 e. The lowest BCUT2D eigenvalue weighted by Crippen LogP contribution is -2.48. The Hall–Kier alpha value is -3.16. The lowest BCUT2D eigenvalue weighted by Gasteiger charge is -2.22. The molecule has 176 valence electrons. The summed E-state index contributed by atoms with van der Waals surface area (Å²) in [5.74, 6) is 0.0780. The van der Waals surface area contributed by atoms with Gasteiger partial charge in [0.25, 0.3) is 5.91 Å². The average molecular weight is 496 g/mol. The third-order valence-electron chi connectivity index (χ3n) is 5.74. The van der Waals surface area contributed by atoms with E-state index in [0.717, 1.165) is 27.8 Å². The van der Waals surface area contributed by atoms with Crippen molar-refractivity contribution in [1.29, 1.82) is 0 Å². The highest BCUT2D eigenvalue weighted by atomic mass is 35.5. The van der Waals surface area contributed by atoms with Crippen molar-refractivity contribution in [2.24, 2.45) is 0 Å². The van der Waals surface area contributed by atoms with Gasteiger partial charge in [-0.3, -0.25) is 9.59 Å². The molecule has 34 heavy (non-hydrogen) atoms. The number of aromatic nitrogens is 1. The van der Waals surface area contributed by atoms with Gasteiger partial charge in [-0.1, -0.05) is 48.0 Å². The van der Waals surface area contributed by atoms with Crippen LogP contribution in [0.3, 0.4) is 0 Å². The van der Waals surface area contributed by atoms with E-state index < -0.39 is 11.9 Å². The summed E-state index contributed by atoms with van der Waals surface area (Å²) in [6.45, 7) is 0.330. The molecular formula is C26H26ClN3O3S. The standard InChI is InChI=1S/C26H26ClN3O3S/c1-34-14-12-23(30-26(32)24-11-6-13-33-24)25(31)29-16-19(17-7-2-4-9-21(17)27)20-15-28-22-10-5-3-8-18(20)22/h2-11,13,15,19,23,28H,12,14,16H2,1H3,(H,29,31)(H,30,32). The minimum Gasteiger partial charge on any atom is -0.459 e. The van der Waals surface area contributed by atoms with Crippen LogP contribution in [-0.4, -0.2) is 41.4 Å². The number of furan rings is 1. The number of hydrogen-bond acceptors (Lipinski definition) is 4. The van der Waals surface area contributed by atoms with Crippen molar-refractivity contribution in [2.45, 2.75) is 18.4 Å². The van der Waals surface area contributed by atoms with E-state index in [9.17, 15) is 9.59 Å². The van der Waals surface area contributed by atoms with Crippen molar-refractivity contribution in [2.75, 3.05) is 18.6 Å². The van der Waals surface area contributed by atoms with Crippen LogP contribution in [-0.2, 0) is 4.79 Å². The van der Waals surface area contributed by atoms with Crippen molar-refractivity contribution in [3.8, 4) is 0 Å². The second-order valence-corrected chi connectivity index (χ2v) is 9.29. The zero-order valence-corrected chi connectivity index (χ0v) is 20.3. The molecule has 0 bridgehead atoms. The molecule has 0 saturated carbocycles. The monoisotopic (exact) mass is 495 g/mol. The first kappa shape index (κ1) is 24.0. The summed E-state index contributed by atoms with van der Waals surface area (Å²) in [5, 5.41) is 7.57. The van der Waals surface area contributed by atoms with Gasteiger partial charge in [-0.15, -0.1) is 0 Å². The minimum atomic E-state index is -0.681. The lowest BCUT2D eigenvalue weighted by atomic mass is 9.90. The summed E-state index contributed by atoms with van der Waals surface area (Å²) in [6.07, 6.45) is 5.87. The van der Waals surface area contributed by atoms with Crippen LogP contribution in [0.25, 0.3) is 10.9 Å². The first-order valence-corrected chi connectivity index (χ1v) is 12.8. The first-order chi connectivity index (χ1) is 16.6. The number of nitrogens with one attached hydrogen (secondary N) is 3. The predicted molar refractivity (Wildman–Crippen MR) is 138 cm³/mol. The van der Waals surface area contributed by atoms with Gasteiger partial charge in [-0.05, 0) is 53.8 Å². The minimum absolute atomic E-state index is 0.171. The Morgan fingerprint density at radius 2 is 1.85 bits per heavy atom. The molecule has 0 spiro atoms. The molecule has 2 heterocycles. The maximum Gasteiger partial charge on any atom is 0.287 e. The Bertz CT molecular complexity index is 1260. The van der Waals surface area contributed by atoms with Crippen LogP contribution in [0, 0.1) is 0 Å². The summed E-state index contributed by atoms with van der Waals surface area (Å²) in [7, 11) is 0. The predicted octanol–water partition coefficient (Wildman–Crippen LogP) is 5.21. The number of benzene rings is 2. The number of H-pyrrole nitrogens is 1. The number of halogens is 1. The van der Waals surface area contributed by atoms with Gasteiger partial charge in [0.1, 0.15) is 6.04 Å². The van der Waals surface area contributed by atoms with E-state index >= 15 is 0 Å². The average Bonchev–Trinajstić information content (AvgIpc) is 3.53. The Labute approximate surface area is 207 Å². The molecule has 0 aliphatic carbocycles. The summed E-state index contributed by atoms with van der Waals surface area (Å²) >= 11 is 8.18. The van der Waals surface area contributed by atoms with Gasteiger partial charge in [0.05, 0.1) is 6.26 Å². The van der Waals surface area contributed by atoms with Crippen LogP contribution in [0.4, 0.5) is 0 Å². The van der Waals surface area contributed by atoms with Crippen molar-refractivity contribution in [3.63, 3.8) is 0 Å². The molecule has 2 aromatic heterocycles. The van der Waals surface area contributed by atoms with E-state index in [4.69, 9.17) is 16.0 Å². The molecule has 0 saturated heterocycles. The number of carbonyl (C=O) groups excluding carboxylic acids is 2. The highest BCUT2D eigenvalue weighted by Crippen LogP contribution is 2.34. The summed E-state index contributed by atoms with van der Waals surface area (Å²) < 4.78 is 5.17. The molecule has 2 aromatic carbocycles. The third kappa shape index (κ3) is 5.48. The van der Waals surface area contributed by atoms with Crippen LogP contribution in [0.15, 0.2) is 77.5 Å². The van der Waals surface area contributed by atoms with Gasteiger partial charge in [0, 0.05) is 34.6 Å². The van der Waals surface area contributed by atoms with E-state index in [1.165, 1.54) is 6.26 Å². The molecule has 6 nitrogen and oxygen atoms in total. The smallest absolute Gasteiger partial charge is 0.287 e. The van der Waals surface area contributed by atoms with Crippen LogP contribution in [0.5, 0.6) is 0 Å². The number of rotatable bonds is 10. The maximum atomic E-state index is 13.2. The highest BCUT2D eigenvalue weighted by Gasteiger charge is 2.25. The number of carbonyl (C=O) groups is 2. The van der Waals surface area contributed by atoms with Gasteiger partial charge in [0.15, 0.2) is 5.76 Å². The van der Waals surface area contributed by atoms with Crippen molar-refractivity contribution in [3.05, 3.63) is 95.0 Å². The Balaban J connectivity index is 1.56. The molecule has 0 aliphatic heterocycles. The van der Waals surface area contributed by atoms with Gasteiger partial charge in [-0.2, -0.15) is 11.8 Å². The number of fused-ring (bicyclic) bond motifs is 1. The molecule has 0 fully saturated rings. The van der Waals surface area contributed by atoms with E-state index in [1.807, 2.05) is 54.9 Å². The molecule has 0 radical (unpaired) electrons. The second kappa shape index (κ2) is 11.3. The van der Waals surface area contributed by atoms with Crippen molar-refractivity contribution >= 4 is 46.1 Å². The number of amides is 2. The molecule has 4 rings (SSSR count). The number of aromatic amines is 1. The van der Waals surface area contributed by atoms with Crippen molar-refractivity contribution in [1.82, 2.24) is 15.6 Å². The maximum absolute atomic E-state index is 13.2. The Morgan fingerprint density at radius 3 is 2.62 bits per heavy atom. The van der Waals surface area contributed by atoms with E-state index in [1.54, 1.807) is 23.9 Å². The van der Waals surface area contributed by atoms with Crippen LogP contribution in [0.2, 0.25) is 5.02 Å². The van der Waals surface area contributed by atoms with Crippen LogP contribution >= 0.6 is 23.4 Å². The second-order valence-electron chi connectivity index (χ2n) is 7.89. The summed E-state index contributed by atoms with van der Waals surface area (Å²) in [6, 6.07) is 18.2. The molecule has 4 aromatic rings. The number of thioether (sulfide) groups is 1. The first-order valence-electron chi connectivity index (χ1n) is 11.0. The normalized spacial score (nSPS) is 12.9. The Kier molecular flexibility index (Phi) is 7.98. The van der Waals surface area contributed by atoms with Gasteiger partial charge in [0.2, 0.25) is 5.91 Å². The summed E-state index contributed by atoms with van der Waals surface area (Å²) in [4.78, 5) is 29.0. The third-order valence-corrected chi connectivity index (χ3v) is 6.72. The molecule has 2 amide bonds. The van der Waals surface area contributed by atoms with E-state index in [0.29, 0.717) is 18.0 Å². The molecular weight excluding hydrogens is 470 g/mol. The number of para-hydroxylation sites is 1. The number of hydrogen-bond donors (Lipinski definition) is 3.